The van der Waals surface area contributed by atoms with Crippen LogP contribution in [0.25, 0.3) is 0 Å². The zero-order valence-electron chi connectivity index (χ0n) is 43.2. The fraction of sp³-hybridized carbons (Fsp3) is 0.947. The van der Waals surface area contributed by atoms with E-state index in [2.05, 4.69) is 34.6 Å². The van der Waals surface area contributed by atoms with E-state index >= 15 is 0 Å². The van der Waals surface area contributed by atoms with Crippen molar-refractivity contribution in [3.05, 3.63) is 0 Å². The molecule has 0 radical (unpaired) electrons. The molecule has 0 aliphatic rings. The Labute approximate surface area is 393 Å². The second-order valence-electron chi connectivity index (χ2n) is 20.3. The molecule has 0 spiro atoms. The Morgan fingerprint density at radius 2 is 0.603 bits per heavy atom. The van der Waals surface area contributed by atoms with Gasteiger partial charge in [0.2, 0.25) is 0 Å². The summed E-state index contributed by atoms with van der Waals surface area (Å²) in [6.07, 6.45) is 52.3. The zero-order chi connectivity index (χ0) is 46.1. The quantitative estimate of drug-likeness (QED) is 0.0344. The van der Waals surface area contributed by atoms with Crippen molar-refractivity contribution in [1.29, 1.82) is 0 Å². The van der Waals surface area contributed by atoms with E-state index in [0.717, 1.165) is 69.6 Å². The molecule has 0 amide bonds. The van der Waals surface area contributed by atoms with Crippen LogP contribution in [0, 0.1) is 11.8 Å². The monoisotopic (exact) mass is 891 g/mol. The molecule has 63 heavy (non-hydrogen) atoms. The smallest absolute Gasteiger partial charge is 0.306 e. The topological polar surface area (TPSA) is 78.9 Å². The summed E-state index contributed by atoms with van der Waals surface area (Å²) >= 11 is 0. The first kappa shape index (κ1) is 61.4. The second-order valence-corrected chi connectivity index (χ2v) is 20.3. The van der Waals surface area contributed by atoms with E-state index in [1.54, 1.807) is 0 Å². The van der Waals surface area contributed by atoms with Crippen molar-refractivity contribution in [2.75, 3.05) is 13.2 Å². The van der Waals surface area contributed by atoms with Crippen LogP contribution in [0.1, 0.15) is 317 Å². The molecule has 0 aromatic rings. The molecule has 0 bridgehead atoms. The van der Waals surface area contributed by atoms with Crippen molar-refractivity contribution < 1.29 is 28.6 Å². The number of esters is 3. The number of carbonyl (C=O) groups is 3. The van der Waals surface area contributed by atoms with Gasteiger partial charge in [0.1, 0.15) is 13.2 Å². The van der Waals surface area contributed by atoms with Gasteiger partial charge in [-0.3, -0.25) is 14.4 Å². The third-order valence-electron chi connectivity index (χ3n) is 13.3. The molecule has 1 unspecified atom stereocenters. The number of unbranched alkanes of at least 4 members (excludes halogenated alkanes) is 35. The van der Waals surface area contributed by atoms with Crippen molar-refractivity contribution in [2.45, 2.75) is 323 Å². The van der Waals surface area contributed by atoms with Gasteiger partial charge < -0.3 is 14.2 Å². The summed E-state index contributed by atoms with van der Waals surface area (Å²) in [5.41, 5.74) is 0. The molecule has 0 heterocycles. The molecule has 0 N–H and O–H groups in total. The Balaban J connectivity index is 4.30. The molecule has 0 aliphatic heterocycles. The molecule has 0 saturated carbocycles. The first-order chi connectivity index (χ1) is 30.8. The minimum atomic E-state index is -0.763. The Hall–Kier alpha value is -1.59. The van der Waals surface area contributed by atoms with Gasteiger partial charge >= 0.3 is 17.9 Å². The molecule has 6 heteroatoms. The Morgan fingerprint density at radius 3 is 0.905 bits per heavy atom. The van der Waals surface area contributed by atoms with Gasteiger partial charge in [0.25, 0.3) is 0 Å². The largest absolute Gasteiger partial charge is 0.462 e. The van der Waals surface area contributed by atoms with Crippen LogP contribution >= 0.6 is 0 Å². The van der Waals surface area contributed by atoms with Crippen molar-refractivity contribution >= 4 is 17.9 Å². The van der Waals surface area contributed by atoms with Crippen molar-refractivity contribution in [1.82, 2.24) is 0 Å². The molecule has 0 aromatic carbocycles. The Bertz CT molecular complexity index is 964. The summed E-state index contributed by atoms with van der Waals surface area (Å²) in [5, 5.41) is 0. The fourth-order valence-electron chi connectivity index (χ4n) is 8.66. The van der Waals surface area contributed by atoms with Gasteiger partial charge in [-0.2, -0.15) is 0 Å². The summed E-state index contributed by atoms with van der Waals surface area (Å²) in [4.78, 5) is 38.1. The third-order valence-corrected chi connectivity index (χ3v) is 13.3. The normalized spacial score (nSPS) is 12.5. The van der Waals surface area contributed by atoms with E-state index in [4.69, 9.17) is 14.2 Å². The maximum Gasteiger partial charge on any atom is 0.306 e. The van der Waals surface area contributed by atoms with Gasteiger partial charge in [-0.25, -0.2) is 0 Å². The van der Waals surface area contributed by atoms with Crippen LogP contribution in [0.5, 0.6) is 0 Å². The molecular formula is C57H110O6. The maximum absolute atomic E-state index is 12.8. The van der Waals surface area contributed by atoms with Crippen molar-refractivity contribution in [3.8, 4) is 0 Å². The lowest BCUT2D eigenvalue weighted by atomic mass is 9.99. The molecular weight excluding hydrogens is 781 g/mol. The highest BCUT2D eigenvalue weighted by molar-refractivity contribution is 5.71. The highest BCUT2D eigenvalue weighted by Crippen LogP contribution is 2.18. The first-order valence-corrected chi connectivity index (χ1v) is 28.3. The van der Waals surface area contributed by atoms with Crippen LogP contribution in [-0.2, 0) is 28.6 Å². The van der Waals surface area contributed by atoms with Gasteiger partial charge in [-0.05, 0) is 31.1 Å². The van der Waals surface area contributed by atoms with E-state index in [1.165, 1.54) is 205 Å². The highest BCUT2D eigenvalue weighted by atomic mass is 16.6. The second kappa shape index (κ2) is 49.8. The van der Waals surface area contributed by atoms with E-state index in [-0.39, 0.29) is 31.1 Å². The number of carbonyl (C=O) groups excluding carboxylic acids is 3. The molecule has 0 aliphatic carbocycles. The minimum absolute atomic E-state index is 0.0634. The van der Waals surface area contributed by atoms with E-state index < -0.39 is 6.10 Å². The number of ether oxygens (including phenoxy) is 3. The SMILES string of the molecule is CCCCCCCCCCCCCCCCCCCCC(=O)O[C@@H](COC(=O)CCCCCCCCCCCCC(C)C)COC(=O)CCCCCCCCCCCCC(C)CC. The number of hydrogen-bond acceptors (Lipinski definition) is 6. The lowest BCUT2D eigenvalue weighted by Gasteiger charge is -2.18. The number of rotatable bonds is 51. The van der Waals surface area contributed by atoms with Crippen molar-refractivity contribution in [3.63, 3.8) is 0 Å². The molecule has 374 valence electrons. The van der Waals surface area contributed by atoms with Gasteiger partial charge in [-0.1, -0.05) is 279 Å². The van der Waals surface area contributed by atoms with E-state index in [0.29, 0.717) is 19.3 Å². The maximum atomic E-state index is 12.8. The van der Waals surface area contributed by atoms with Crippen LogP contribution < -0.4 is 0 Å². The van der Waals surface area contributed by atoms with Crippen LogP contribution in [-0.4, -0.2) is 37.2 Å². The fourth-order valence-corrected chi connectivity index (χ4v) is 8.66. The lowest BCUT2D eigenvalue weighted by molar-refractivity contribution is -0.167. The first-order valence-electron chi connectivity index (χ1n) is 28.3. The van der Waals surface area contributed by atoms with Crippen LogP contribution in [0.15, 0.2) is 0 Å². The minimum Gasteiger partial charge on any atom is -0.462 e. The van der Waals surface area contributed by atoms with Gasteiger partial charge in [-0.15, -0.1) is 0 Å². The lowest BCUT2D eigenvalue weighted by Crippen LogP contribution is -2.30. The van der Waals surface area contributed by atoms with E-state index in [9.17, 15) is 14.4 Å². The third kappa shape index (κ3) is 49.7. The zero-order valence-corrected chi connectivity index (χ0v) is 43.2. The summed E-state index contributed by atoms with van der Waals surface area (Å²) in [6.45, 7) is 11.4. The standard InChI is InChI=1S/C57H110O6/c1-6-8-9-10-11-12-13-14-15-16-17-18-19-20-29-34-39-44-49-57(60)63-54(50-61-55(58)47-42-37-32-27-23-21-25-30-35-40-45-52(3)4)51-62-56(59)48-43-38-33-28-24-22-26-31-36-41-46-53(5)7-2/h52-54H,6-51H2,1-5H3/t53?,54-/m0/s1. The van der Waals surface area contributed by atoms with Crippen LogP contribution in [0.4, 0.5) is 0 Å². The van der Waals surface area contributed by atoms with Gasteiger partial charge in [0.15, 0.2) is 6.10 Å². The summed E-state index contributed by atoms with van der Waals surface area (Å²) < 4.78 is 16.9. The van der Waals surface area contributed by atoms with Gasteiger partial charge in [0.05, 0.1) is 0 Å². The molecule has 0 rings (SSSR count). The number of hydrogen-bond donors (Lipinski definition) is 0. The van der Waals surface area contributed by atoms with Crippen LogP contribution in [0.2, 0.25) is 0 Å². The summed E-state index contributed by atoms with van der Waals surface area (Å²) in [7, 11) is 0. The Kier molecular flexibility index (Phi) is 48.6. The predicted octanol–water partition coefficient (Wildman–Crippen LogP) is 18.5. The predicted molar refractivity (Wildman–Crippen MR) is 270 cm³/mol. The van der Waals surface area contributed by atoms with Crippen LogP contribution in [0.3, 0.4) is 0 Å². The Morgan fingerprint density at radius 1 is 0.333 bits per heavy atom. The average molecular weight is 892 g/mol. The summed E-state index contributed by atoms with van der Waals surface area (Å²) in [6, 6.07) is 0. The molecule has 0 fully saturated rings. The van der Waals surface area contributed by atoms with E-state index in [1.807, 2.05) is 0 Å². The molecule has 0 aromatic heterocycles. The summed E-state index contributed by atoms with van der Waals surface area (Å²) in [5.74, 6) is 0.845. The highest BCUT2D eigenvalue weighted by Gasteiger charge is 2.19. The average Bonchev–Trinajstić information content (AvgIpc) is 3.27. The molecule has 0 saturated heterocycles. The van der Waals surface area contributed by atoms with Gasteiger partial charge in [0, 0.05) is 19.3 Å². The molecule has 2 atom stereocenters. The van der Waals surface area contributed by atoms with Crippen molar-refractivity contribution in [2.24, 2.45) is 11.8 Å². The molecule has 6 nitrogen and oxygen atoms in total.